The Hall–Kier alpha value is -1.73. The van der Waals surface area contributed by atoms with Crippen molar-refractivity contribution in [3.63, 3.8) is 0 Å². The van der Waals surface area contributed by atoms with Crippen LogP contribution in [0.4, 0.5) is 0 Å². The van der Waals surface area contributed by atoms with Gasteiger partial charge >= 0.3 is 0 Å². The van der Waals surface area contributed by atoms with Crippen LogP contribution in [0, 0.1) is 0 Å². The molecule has 2 aromatic rings. The van der Waals surface area contributed by atoms with E-state index in [0.29, 0.717) is 12.3 Å². The highest BCUT2D eigenvalue weighted by molar-refractivity contribution is 7.09. The molecule has 1 amide bonds. The normalized spacial score (nSPS) is 19.0. The monoisotopic (exact) mass is 333 g/mol. The minimum atomic E-state index is 0.100. The molecule has 1 fully saturated rings. The molecule has 3 heterocycles. The summed E-state index contributed by atoms with van der Waals surface area (Å²) in [5.74, 6) is 0.628. The lowest BCUT2D eigenvalue weighted by molar-refractivity contribution is -0.127. The molecule has 2 aromatic heterocycles. The molecule has 1 aliphatic rings. The van der Waals surface area contributed by atoms with Gasteiger partial charge < -0.3 is 4.90 Å². The van der Waals surface area contributed by atoms with Crippen molar-refractivity contribution in [3.05, 3.63) is 34.0 Å². The van der Waals surface area contributed by atoms with Gasteiger partial charge in [-0.1, -0.05) is 0 Å². The van der Waals surface area contributed by atoms with Crippen molar-refractivity contribution in [1.82, 2.24) is 25.0 Å². The third-order valence-electron chi connectivity index (χ3n) is 4.25. The number of carbonyl (C=O) groups is 1. The van der Waals surface area contributed by atoms with Crippen molar-refractivity contribution >= 4 is 17.2 Å². The summed E-state index contributed by atoms with van der Waals surface area (Å²) < 4.78 is 0. The summed E-state index contributed by atoms with van der Waals surface area (Å²) in [6.45, 7) is 3.00. The molecule has 0 aliphatic carbocycles. The molecule has 3 rings (SSSR count). The standard InChI is InChI=1S/C16H23N5OS/c1-20(2)16(22)8-15-18-13(11-23-15)10-21-7-3-4-12(9-21)14-5-6-17-19-14/h5-6,11-12H,3-4,7-10H2,1-2H3,(H,17,19)/t12-/m1/s1. The Balaban J connectivity index is 1.57. The van der Waals surface area contributed by atoms with Crippen molar-refractivity contribution in [2.75, 3.05) is 27.2 Å². The summed E-state index contributed by atoms with van der Waals surface area (Å²) in [4.78, 5) is 20.4. The number of piperidine rings is 1. The second-order valence-corrected chi connectivity index (χ2v) is 7.23. The van der Waals surface area contributed by atoms with Crippen molar-refractivity contribution in [1.29, 1.82) is 0 Å². The summed E-state index contributed by atoms with van der Waals surface area (Å²) in [7, 11) is 3.56. The smallest absolute Gasteiger partial charge is 0.228 e. The van der Waals surface area contributed by atoms with E-state index in [9.17, 15) is 4.79 Å². The molecule has 6 nitrogen and oxygen atoms in total. The zero-order valence-electron chi connectivity index (χ0n) is 13.7. The van der Waals surface area contributed by atoms with E-state index in [1.165, 1.54) is 18.5 Å². The highest BCUT2D eigenvalue weighted by Crippen LogP contribution is 2.26. The van der Waals surface area contributed by atoms with Gasteiger partial charge in [-0.2, -0.15) is 5.10 Å². The fourth-order valence-electron chi connectivity index (χ4n) is 2.97. The van der Waals surface area contributed by atoms with E-state index in [2.05, 4.69) is 31.5 Å². The topological polar surface area (TPSA) is 65.1 Å². The molecule has 1 saturated heterocycles. The first-order valence-corrected chi connectivity index (χ1v) is 8.85. The summed E-state index contributed by atoms with van der Waals surface area (Å²) in [5.41, 5.74) is 2.30. The summed E-state index contributed by atoms with van der Waals surface area (Å²) in [6, 6.07) is 2.07. The molecule has 0 saturated carbocycles. The number of likely N-dealkylation sites (N-methyl/N-ethyl adjacent to an activating group) is 1. The predicted octanol–water partition coefficient (Wildman–Crippen LogP) is 1.88. The van der Waals surface area contributed by atoms with Crippen molar-refractivity contribution in [3.8, 4) is 0 Å². The number of H-pyrrole nitrogens is 1. The molecule has 1 N–H and O–H groups in total. The summed E-state index contributed by atoms with van der Waals surface area (Å²) in [6.07, 6.45) is 4.62. The first-order valence-electron chi connectivity index (χ1n) is 7.97. The second kappa shape index (κ2) is 7.23. The third kappa shape index (κ3) is 4.17. The maximum atomic E-state index is 11.8. The van der Waals surface area contributed by atoms with E-state index in [0.717, 1.165) is 30.3 Å². The molecule has 23 heavy (non-hydrogen) atoms. The number of aromatic amines is 1. The Morgan fingerprint density at radius 3 is 3.13 bits per heavy atom. The van der Waals surface area contributed by atoms with Crippen LogP contribution in [0.25, 0.3) is 0 Å². The molecule has 0 spiro atoms. The Bertz CT molecular complexity index is 637. The van der Waals surface area contributed by atoms with Gasteiger partial charge in [-0.05, 0) is 25.5 Å². The number of thiazole rings is 1. The molecular weight excluding hydrogens is 310 g/mol. The van der Waals surface area contributed by atoms with Crippen LogP contribution in [0.3, 0.4) is 0 Å². The van der Waals surface area contributed by atoms with Crippen molar-refractivity contribution in [2.24, 2.45) is 0 Å². The van der Waals surface area contributed by atoms with Gasteiger partial charge in [0.25, 0.3) is 0 Å². The molecule has 0 aromatic carbocycles. The molecule has 0 bridgehead atoms. The quantitative estimate of drug-likeness (QED) is 0.907. The van der Waals surface area contributed by atoms with Gasteiger partial charge in [-0.3, -0.25) is 14.8 Å². The van der Waals surface area contributed by atoms with Gasteiger partial charge in [0.2, 0.25) is 5.91 Å². The highest BCUT2D eigenvalue weighted by atomic mass is 32.1. The Morgan fingerprint density at radius 1 is 1.52 bits per heavy atom. The lowest BCUT2D eigenvalue weighted by Gasteiger charge is -2.31. The van der Waals surface area contributed by atoms with Gasteiger partial charge in [0, 0.05) is 50.4 Å². The van der Waals surface area contributed by atoms with Gasteiger partial charge in [0.1, 0.15) is 5.01 Å². The minimum Gasteiger partial charge on any atom is -0.348 e. The molecule has 124 valence electrons. The Morgan fingerprint density at radius 2 is 2.39 bits per heavy atom. The molecule has 0 radical (unpaired) electrons. The van der Waals surface area contributed by atoms with E-state index in [-0.39, 0.29) is 5.91 Å². The highest BCUT2D eigenvalue weighted by Gasteiger charge is 2.23. The van der Waals surface area contributed by atoms with E-state index in [4.69, 9.17) is 0 Å². The predicted molar refractivity (Wildman–Crippen MR) is 90.4 cm³/mol. The summed E-state index contributed by atoms with van der Waals surface area (Å²) in [5, 5.41) is 10.1. The van der Waals surface area contributed by atoms with Crippen molar-refractivity contribution < 1.29 is 4.79 Å². The number of amides is 1. The second-order valence-electron chi connectivity index (χ2n) is 6.28. The van der Waals surface area contributed by atoms with E-state index in [1.54, 1.807) is 30.3 Å². The number of hydrogen-bond acceptors (Lipinski definition) is 5. The van der Waals surface area contributed by atoms with Crippen LogP contribution < -0.4 is 0 Å². The zero-order valence-corrected chi connectivity index (χ0v) is 14.5. The largest absolute Gasteiger partial charge is 0.348 e. The van der Waals surface area contributed by atoms with Crippen LogP contribution >= 0.6 is 11.3 Å². The SMILES string of the molecule is CN(C)C(=O)Cc1nc(CN2CCC[C@@H](c3ccn[nH]3)C2)cs1. The lowest BCUT2D eigenvalue weighted by atomic mass is 9.95. The zero-order chi connectivity index (χ0) is 16.2. The summed E-state index contributed by atoms with van der Waals surface area (Å²) >= 11 is 1.58. The van der Waals surface area contributed by atoms with Gasteiger partial charge in [-0.15, -0.1) is 11.3 Å². The molecule has 1 aliphatic heterocycles. The number of rotatable bonds is 5. The average Bonchev–Trinajstić information content (AvgIpc) is 3.19. The van der Waals surface area contributed by atoms with Gasteiger partial charge in [-0.25, -0.2) is 4.98 Å². The molecule has 7 heteroatoms. The van der Waals surface area contributed by atoms with Crippen LogP contribution in [0.15, 0.2) is 17.6 Å². The molecule has 1 atom stereocenters. The number of likely N-dealkylation sites (tertiary alicyclic amines) is 1. The first-order chi connectivity index (χ1) is 11.1. The maximum Gasteiger partial charge on any atom is 0.228 e. The fourth-order valence-corrected chi connectivity index (χ4v) is 3.74. The van der Waals surface area contributed by atoms with Crippen LogP contribution in [0.1, 0.15) is 35.2 Å². The van der Waals surface area contributed by atoms with Crippen LogP contribution in [-0.2, 0) is 17.8 Å². The van der Waals surface area contributed by atoms with Gasteiger partial charge in [0.15, 0.2) is 0 Å². The van der Waals surface area contributed by atoms with Crippen LogP contribution in [0.5, 0.6) is 0 Å². The number of nitrogens with one attached hydrogen (secondary N) is 1. The third-order valence-corrected chi connectivity index (χ3v) is 5.15. The average molecular weight is 333 g/mol. The minimum absolute atomic E-state index is 0.100. The number of hydrogen-bond donors (Lipinski definition) is 1. The molecule has 0 unspecified atom stereocenters. The van der Waals surface area contributed by atoms with Crippen LogP contribution in [0.2, 0.25) is 0 Å². The number of carbonyl (C=O) groups excluding carboxylic acids is 1. The lowest BCUT2D eigenvalue weighted by Crippen LogP contribution is -2.34. The maximum absolute atomic E-state index is 11.8. The van der Waals surface area contributed by atoms with Crippen molar-refractivity contribution in [2.45, 2.75) is 31.7 Å². The number of aromatic nitrogens is 3. The van der Waals surface area contributed by atoms with Gasteiger partial charge in [0.05, 0.1) is 12.1 Å². The van der Waals surface area contributed by atoms with E-state index in [1.807, 2.05) is 6.20 Å². The van der Waals surface area contributed by atoms with E-state index >= 15 is 0 Å². The van der Waals surface area contributed by atoms with E-state index < -0.39 is 0 Å². The first kappa shape index (κ1) is 16.1. The Labute approximate surface area is 140 Å². The Kier molecular flexibility index (Phi) is 5.07. The molecular formula is C16H23N5OS. The number of nitrogens with zero attached hydrogens (tertiary/aromatic N) is 4. The fraction of sp³-hybridized carbons (Fsp3) is 0.562. The van der Waals surface area contributed by atoms with Crippen LogP contribution in [-0.4, -0.2) is 58.1 Å².